The zero-order valence-corrected chi connectivity index (χ0v) is 13.6. The third-order valence-corrected chi connectivity index (χ3v) is 2.47. The van der Waals surface area contributed by atoms with Gasteiger partial charge in [-0.1, -0.05) is 37.6 Å². The van der Waals surface area contributed by atoms with Crippen LogP contribution in [0.15, 0.2) is 35.5 Å². The second-order valence-electron chi connectivity index (χ2n) is 5.38. The van der Waals surface area contributed by atoms with Crippen molar-refractivity contribution in [3.63, 3.8) is 0 Å². The molecule has 0 aromatic rings. The summed E-state index contributed by atoms with van der Waals surface area (Å²) in [6.07, 6.45) is 7.96. The van der Waals surface area contributed by atoms with Gasteiger partial charge in [-0.2, -0.15) is 0 Å². The van der Waals surface area contributed by atoms with Gasteiger partial charge >= 0.3 is 11.9 Å². The van der Waals surface area contributed by atoms with Crippen LogP contribution in [0.1, 0.15) is 41.0 Å². The highest BCUT2D eigenvalue weighted by molar-refractivity contribution is 5.69. The standard InChI is InChI=1S/C17H26O4/c1-13(2)11-17(19)20-10-9-14(3)7-6-8-15(4)12-21-16(5)18/h6-9,13H,10-12H2,1-5H3. The maximum Gasteiger partial charge on any atom is 0.306 e. The fourth-order valence-electron chi connectivity index (χ4n) is 1.35. The Hall–Kier alpha value is -1.84. The van der Waals surface area contributed by atoms with E-state index in [1.54, 1.807) is 0 Å². The minimum atomic E-state index is -0.286. The van der Waals surface area contributed by atoms with Gasteiger partial charge in [-0.15, -0.1) is 0 Å². The lowest BCUT2D eigenvalue weighted by atomic mass is 10.1. The molecule has 4 heteroatoms. The summed E-state index contributed by atoms with van der Waals surface area (Å²) in [4.78, 5) is 22.0. The van der Waals surface area contributed by atoms with Crippen LogP contribution in [0.2, 0.25) is 0 Å². The number of carbonyl (C=O) groups is 2. The number of esters is 2. The van der Waals surface area contributed by atoms with E-state index in [9.17, 15) is 9.59 Å². The molecule has 0 heterocycles. The summed E-state index contributed by atoms with van der Waals surface area (Å²) in [5, 5.41) is 0. The minimum absolute atomic E-state index is 0.171. The first kappa shape index (κ1) is 19.2. The van der Waals surface area contributed by atoms with Crippen LogP contribution >= 0.6 is 0 Å². The molecule has 21 heavy (non-hydrogen) atoms. The summed E-state index contributed by atoms with van der Waals surface area (Å²) in [5.41, 5.74) is 1.96. The Morgan fingerprint density at radius 3 is 2.33 bits per heavy atom. The third-order valence-electron chi connectivity index (χ3n) is 2.47. The minimum Gasteiger partial charge on any atom is -0.461 e. The van der Waals surface area contributed by atoms with E-state index >= 15 is 0 Å². The van der Waals surface area contributed by atoms with Crippen LogP contribution in [0, 0.1) is 5.92 Å². The normalized spacial score (nSPS) is 12.9. The van der Waals surface area contributed by atoms with Gasteiger partial charge in [0.05, 0.1) is 0 Å². The molecular formula is C17H26O4. The van der Waals surface area contributed by atoms with E-state index < -0.39 is 0 Å². The highest BCUT2D eigenvalue weighted by Crippen LogP contribution is 2.02. The Balaban J connectivity index is 4.11. The molecule has 118 valence electrons. The van der Waals surface area contributed by atoms with Crippen molar-refractivity contribution < 1.29 is 19.1 Å². The predicted octanol–water partition coefficient (Wildman–Crippen LogP) is 3.59. The SMILES string of the molecule is CC(=O)OCC(C)=CC=CC(C)=CCOC(=O)CC(C)C. The molecule has 0 bridgehead atoms. The van der Waals surface area contributed by atoms with E-state index in [0.717, 1.165) is 11.1 Å². The molecular weight excluding hydrogens is 268 g/mol. The lowest BCUT2D eigenvalue weighted by molar-refractivity contribution is -0.143. The first-order valence-electron chi connectivity index (χ1n) is 7.10. The molecule has 0 rings (SSSR count). The lowest BCUT2D eigenvalue weighted by Gasteiger charge is -2.04. The van der Waals surface area contributed by atoms with E-state index in [2.05, 4.69) is 0 Å². The van der Waals surface area contributed by atoms with E-state index in [0.29, 0.717) is 18.9 Å². The average molecular weight is 294 g/mol. The van der Waals surface area contributed by atoms with Crippen molar-refractivity contribution in [2.24, 2.45) is 5.92 Å². The van der Waals surface area contributed by atoms with Gasteiger partial charge in [0.15, 0.2) is 0 Å². The highest BCUT2D eigenvalue weighted by atomic mass is 16.5. The fourth-order valence-corrected chi connectivity index (χ4v) is 1.35. The summed E-state index contributed by atoms with van der Waals surface area (Å²) in [6.45, 7) is 9.76. The molecule has 0 radical (unpaired) electrons. The second-order valence-corrected chi connectivity index (χ2v) is 5.38. The number of hydrogen-bond donors (Lipinski definition) is 0. The van der Waals surface area contributed by atoms with Gasteiger partial charge in [-0.25, -0.2) is 0 Å². The number of ether oxygens (including phenoxy) is 2. The van der Waals surface area contributed by atoms with Gasteiger partial charge in [0.1, 0.15) is 13.2 Å². The van der Waals surface area contributed by atoms with Crippen LogP contribution in [0.4, 0.5) is 0 Å². The van der Waals surface area contributed by atoms with Gasteiger partial charge in [-0.3, -0.25) is 9.59 Å². The molecule has 0 aliphatic heterocycles. The Morgan fingerprint density at radius 2 is 1.76 bits per heavy atom. The van der Waals surface area contributed by atoms with Crippen LogP contribution in [0.3, 0.4) is 0 Å². The molecule has 0 fully saturated rings. The van der Waals surface area contributed by atoms with E-state index in [-0.39, 0.29) is 18.5 Å². The van der Waals surface area contributed by atoms with Gasteiger partial charge in [0.2, 0.25) is 0 Å². The maximum atomic E-state index is 11.3. The molecule has 4 nitrogen and oxygen atoms in total. The Bertz CT molecular complexity index is 428. The summed E-state index contributed by atoms with van der Waals surface area (Å²) < 4.78 is 9.96. The molecule has 0 aromatic carbocycles. The van der Waals surface area contributed by atoms with E-state index in [1.165, 1.54) is 6.92 Å². The molecule has 0 unspecified atom stereocenters. The number of hydrogen-bond acceptors (Lipinski definition) is 4. The number of carbonyl (C=O) groups excluding carboxylic acids is 2. The molecule has 0 saturated heterocycles. The number of rotatable bonds is 8. The van der Waals surface area contributed by atoms with Gasteiger partial charge in [0.25, 0.3) is 0 Å². The second kappa shape index (κ2) is 10.9. The van der Waals surface area contributed by atoms with Gasteiger partial charge < -0.3 is 9.47 Å². The molecule has 0 atom stereocenters. The van der Waals surface area contributed by atoms with Gasteiger partial charge in [-0.05, 0) is 31.4 Å². The van der Waals surface area contributed by atoms with Crippen LogP contribution in [-0.4, -0.2) is 25.2 Å². The highest BCUT2D eigenvalue weighted by Gasteiger charge is 2.04. The summed E-state index contributed by atoms with van der Waals surface area (Å²) in [7, 11) is 0. The monoisotopic (exact) mass is 294 g/mol. The summed E-state index contributed by atoms with van der Waals surface area (Å²) in [6, 6.07) is 0. The first-order valence-corrected chi connectivity index (χ1v) is 7.10. The molecule has 0 aliphatic rings. The predicted molar refractivity (Wildman–Crippen MR) is 83.7 cm³/mol. The third kappa shape index (κ3) is 12.9. The Morgan fingerprint density at radius 1 is 1.10 bits per heavy atom. The molecule has 0 saturated carbocycles. The zero-order valence-electron chi connectivity index (χ0n) is 13.6. The quantitative estimate of drug-likeness (QED) is 0.507. The van der Waals surface area contributed by atoms with E-state index in [1.807, 2.05) is 52.0 Å². The number of allylic oxidation sites excluding steroid dienone is 4. The average Bonchev–Trinajstić information content (AvgIpc) is 2.35. The lowest BCUT2D eigenvalue weighted by Crippen LogP contribution is -2.07. The van der Waals surface area contributed by atoms with E-state index in [4.69, 9.17) is 9.47 Å². The fraction of sp³-hybridized carbons (Fsp3) is 0.529. The van der Waals surface area contributed by atoms with Crippen molar-refractivity contribution >= 4 is 11.9 Å². The largest absolute Gasteiger partial charge is 0.461 e. The molecule has 0 N–H and O–H groups in total. The Kier molecular flexibility index (Phi) is 9.94. The van der Waals surface area contributed by atoms with Crippen molar-refractivity contribution in [3.8, 4) is 0 Å². The topological polar surface area (TPSA) is 52.6 Å². The van der Waals surface area contributed by atoms with Crippen LogP contribution < -0.4 is 0 Å². The summed E-state index contributed by atoms with van der Waals surface area (Å²) in [5.74, 6) is -0.144. The van der Waals surface area contributed by atoms with Crippen molar-refractivity contribution in [2.45, 2.75) is 41.0 Å². The van der Waals surface area contributed by atoms with Crippen LogP contribution in [0.5, 0.6) is 0 Å². The van der Waals surface area contributed by atoms with Crippen LogP contribution in [-0.2, 0) is 19.1 Å². The van der Waals surface area contributed by atoms with Crippen LogP contribution in [0.25, 0.3) is 0 Å². The maximum absolute atomic E-state index is 11.3. The Labute approximate surface area is 127 Å². The summed E-state index contributed by atoms with van der Waals surface area (Å²) >= 11 is 0. The van der Waals surface area contributed by atoms with Crippen molar-refractivity contribution in [1.29, 1.82) is 0 Å². The first-order chi connectivity index (χ1) is 9.81. The van der Waals surface area contributed by atoms with Gasteiger partial charge in [0, 0.05) is 13.3 Å². The molecule has 0 amide bonds. The molecule has 0 spiro atoms. The van der Waals surface area contributed by atoms with Crippen molar-refractivity contribution in [2.75, 3.05) is 13.2 Å². The van der Waals surface area contributed by atoms with Crippen molar-refractivity contribution in [1.82, 2.24) is 0 Å². The zero-order chi connectivity index (χ0) is 16.3. The molecule has 0 aromatic heterocycles. The van der Waals surface area contributed by atoms with Crippen molar-refractivity contribution in [3.05, 3.63) is 35.5 Å². The molecule has 0 aliphatic carbocycles. The smallest absolute Gasteiger partial charge is 0.306 e.